The van der Waals surface area contributed by atoms with E-state index in [4.69, 9.17) is 0 Å². The van der Waals surface area contributed by atoms with Crippen LogP contribution in [0.4, 0.5) is 0 Å². The summed E-state index contributed by atoms with van der Waals surface area (Å²) in [4.78, 5) is 13.7. The first-order chi connectivity index (χ1) is 8.84. The number of aromatic nitrogens is 2. The highest BCUT2D eigenvalue weighted by Crippen LogP contribution is 2.27. The van der Waals surface area contributed by atoms with Crippen molar-refractivity contribution in [2.24, 2.45) is 7.05 Å². The molecule has 0 aliphatic carbocycles. The van der Waals surface area contributed by atoms with Crippen LogP contribution in [0.1, 0.15) is 35.6 Å². The van der Waals surface area contributed by atoms with Crippen molar-refractivity contribution < 1.29 is 9.90 Å². The summed E-state index contributed by atoms with van der Waals surface area (Å²) in [5.41, 5.74) is 0.0671. The molecule has 104 valence electrons. The first kappa shape index (κ1) is 14.0. The molecule has 2 aromatic heterocycles. The average molecular weight is 281 g/mol. The molecule has 0 saturated heterocycles. The number of carbonyl (C=O) groups is 1. The summed E-state index contributed by atoms with van der Waals surface area (Å²) in [5, 5.41) is 18.0. The zero-order chi connectivity index (χ0) is 14.2. The summed E-state index contributed by atoms with van der Waals surface area (Å²) in [6.45, 7) is 5.79. The third-order valence-corrected chi connectivity index (χ3v) is 4.51. The van der Waals surface area contributed by atoms with Crippen molar-refractivity contribution in [3.63, 3.8) is 0 Å². The number of hydrogen-bond acceptors (Lipinski definition) is 4. The van der Waals surface area contributed by atoms with E-state index in [1.54, 1.807) is 11.6 Å². The quantitative estimate of drug-likeness (QED) is 0.898. The minimum atomic E-state index is -0.857. The lowest BCUT2D eigenvalue weighted by atomic mass is 10.0. The molecule has 0 saturated carbocycles. The van der Waals surface area contributed by atoms with Crippen molar-refractivity contribution in [3.8, 4) is 0 Å². The van der Waals surface area contributed by atoms with E-state index in [-0.39, 0.29) is 12.5 Å². The van der Waals surface area contributed by atoms with Gasteiger partial charge in [-0.25, -0.2) is 0 Å². The van der Waals surface area contributed by atoms with E-state index >= 15 is 0 Å². The molecule has 0 spiro atoms. The number of aryl methyl sites for hydroxylation is 2. The highest BCUT2D eigenvalue weighted by molar-refractivity contribution is 7.20. The monoisotopic (exact) mass is 281 g/mol. The lowest BCUT2D eigenvalue weighted by Crippen LogP contribution is -2.39. The van der Waals surface area contributed by atoms with Gasteiger partial charge in [-0.3, -0.25) is 9.48 Å². The predicted octanol–water partition coefficient (Wildman–Crippen LogP) is 1.83. The molecule has 2 N–H and O–H groups in total. The van der Waals surface area contributed by atoms with Crippen LogP contribution in [-0.4, -0.2) is 32.9 Å². The first-order valence-corrected chi connectivity index (χ1v) is 7.09. The molecule has 2 aromatic rings. The van der Waals surface area contributed by atoms with Crippen molar-refractivity contribution >= 4 is 27.5 Å². The number of rotatable bonds is 4. The van der Waals surface area contributed by atoms with Crippen molar-refractivity contribution in [3.05, 3.63) is 16.6 Å². The highest BCUT2D eigenvalue weighted by Gasteiger charge is 2.20. The average Bonchev–Trinajstić information content (AvgIpc) is 2.90. The van der Waals surface area contributed by atoms with E-state index in [9.17, 15) is 9.90 Å². The SMILES string of the molecule is CCC(C)(O)CNC(=O)c1cc2c(C)nn(C)c2s1. The van der Waals surface area contributed by atoms with Crippen LogP contribution in [0.25, 0.3) is 10.2 Å². The van der Waals surface area contributed by atoms with Crippen LogP contribution in [0, 0.1) is 6.92 Å². The number of nitrogens with one attached hydrogen (secondary N) is 1. The van der Waals surface area contributed by atoms with Gasteiger partial charge in [0.25, 0.3) is 5.91 Å². The fourth-order valence-electron chi connectivity index (χ4n) is 1.80. The van der Waals surface area contributed by atoms with Crippen LogP contribution in [0.2, 0.25) is 0 Å². The minimum absolute atomic E-state index is 0.144. The Balaban J connectivity index is 2.16. The zero-order valence-corrected chi connectivity index (χ0v) is 12.5. The molecule has 1 unspecified atom stereocenters. The predicted molar refractivity (Wildman–Crippen MR) is 76.6 cm³/mol. The molecule has 1 amide bonds. The maximum absolute atomic E-state index is 12.1. The molecule has 1 atom stereocenters. The molecule has 2 rings (SSSR count). The van der Waals surface area contributed by atoms with Gasteiger partial charge in [-0.2, -0.15) is 5.10 Å². The summed E-state index contributed by atoms with van der Waals surface area (Å²) < 4.78 is 1.79. The van der Waals surface area contributed by atoms with Crippen LogP contribution < -0.4 is 5.32 Å². The van der Waals surface area contributed by atoms with Crippen LogP contribution in [0.15, 0.2) is 6.07 Å². The molecule has 0 aliphatic rings. The van der Waals surface area contributed by atoms with Gasteiger partial charge in [0.2, 0.25) is 0 Å². The van der Waals surface area contributed by atoms with Gasteiger partial charge in [-0.15, -0.1) is 11.3 Å². The highest BCUT2D eigenvalue weighted by atomic mass is 32.1. The number of carbonyl (C=O) groups excluding carboxylic acids is 1. The number of nitrogens with zero attached hydrogens (tertiary/aromatic N) is 2. The van der Waals surface area contributed by atoms with Gasteiger partial charge in [0, 0.05) is 19.0 Å². The third kappa shape index (κ3) is 2.79. The standard InChI is InChI=1S/C13H19N3O2S/c1-5-13(3,18)7-14-11(17)10-6-9-8(2)15-16(4)12(9)19-10/h6,18H,5,7H2,1-4H3,(H,14,17). The summed E-state index contributed by atoms with van der Waals surface area (Å²) in [7, 11) is 1.87. The lowest BCUT2D eigenvalue weighted by Gasteiger charge is -2.21. The Morgan fingerprint density at radius 1 is 1.63 bits per heavy atom. The molecule has 0 aliphatic heterocycles. The van der Waals surface area contributed by atoms with Crippen molar-refractivity contribution in [2.75, 3.05) is 6.54 Å². The van der Waals surface area contributed by atoms with E-state index < -0.39 is 5.60 Å². The summed E-state index contributed by atoms with van der Waals surface area (Å²) in [6.07, 6.45) is 0.600. The van der Waals surface area contributed by atoms with Crippen LogP contribution in [0.3, 0.4) is 0 Å². The Kier molecular flexibility index (Phi) is 3.64. The van der Waals surface area contributed by atoms with E-state index in [0.717, 1.165) is 15.9 Å². The first-order valence-electron chi connectivity index (χ1n) is 6.28. The summed E-state index contributed by atoms with van der Waals surface area (Å²) in [5.74, 6) is -0.144. The molecule has 0 fully saturated rings. The van der Waals surface area contributed by atoms with Gasteiger partial charge >= 0.3 is 0 Å². The van der Waals surface area contributed by atoms with Gasteiger partial charge in [0.05, 0.1) is 16.2 Å². The van der Waals surface area contributed by atoms with Gasteiger partial charge in [-0.1, -0.05) is 6.92 Å². The van der Waals surface area contributed by atoms with Gasteiger partial charge in [-0.05, 0) is 26.3 Å². The fraction of sp³-hybridized carbons (Fsp3) is 0.538. The normalized spacial score (nSPS) is 14.6. The molecule has 0 aromatic carbocycles. The Hall–Kier alpha value is -1.40. The van der Waals surface area contributed by atoms with E-state index in [2.05, 4.69) is 10.4 Å². The van der Waals surface area contributed by atoms with Crippen LogP contribution in [0.5, 0.6) is 0 Å². The van der Waals surface area contributed by atoms with Gasteiger partial charge < -0.3 is 10.4 Å². The summed E-state index contributed by atoms with van der Waals surface area (Å²) >= 11 is 1.42. The van der Waals surface area contributed by atoms with Crippen molar-refractivity contribution in [2.45, 2.75) is 32.8 Å². The molecule has 2 heterocycles. The largest absolute Gasteiger partial charge is 0.388 e. The number of aliphatic hydroxyl groups is 1. The molecular formula is C13H19N3O2S. The minimum Gasteiger partial charge on any atom is -0.388 e. The second kappa shape index (κ2) is 4.94. The maximum atomic E-state index is 12.1. The van der Waals surface area contributed by atoms with Crippen LogP contribution >= 0.6 is 11.3 Å². The Labute approximate surface area is 116 Å². The lowest BCUT2D eigenvalue weighted by molar-refractivity contribution is 0.0519. The molecular weight excluding hydrogens is 262 g/mol. The zero-order valence-electron chi connectivity index (χ0n) is 11.6. The summed E-state index contributed by atoms with van der Waals surface area (Å²) in [6, 6.07) is 1.86. The van der Waals surface area contributed by atoms with E-state index in [1.165, 1.54) is 11.3 Å². The number of fused-ring (bicyclic) bond motifs is 1. The molecule has 19 heavy (non-hydrogen) atoms. The third-order valence-electron chi connectivity index (χ3n) is 3.31. The van der Waals surface area contributed by atoms with Crippen molar-refractivity contribution in [1.29, 1.82) is 0 Å². The van der Waals surface area contributed by atoms with Gasteiger partial charge in [0.1, 0.15) is 4.83 Å². The van der Waals surface area contributed by atoms with E-state index in [0.29, 0.717) is 11.3 Å². The molecule has 6 heteroatoms. The Morgan fingerprint density at radius 3 is 2.89 bits per heavy atom. The van der Waals surface area contributed by atoms with Gasteiger partial charge in [0.15, 0.2) is 0 Å². The Bertz CT molecular complexity index is 578. The topological polar surface area (TPSA) is 67.2 Å². The molecule has 5 nitrogen and oxygen atoms in total. The smallest absolute Gasteiger partial charge is 0.261 e. The van der Waals surface area contributed by atoms with E-state index in [1.807, 2.05) is 27.0 Å². The molecule has 0 bridgehead atoms. The second-order valence-corrected chi connectivity index (χ2v) is 6.10. The fourth-order valence-corrected chi connectivity index (χ4v) is 2.84. The van der Waals surface area contributed by atoms with Crippen molar-refractivity contribution in [1.82, 2.24) is 15.1 Å². The maximum Gasteiger partial charge on any atom is 0.261 e. The number of hydrogen-bond donors (Lipinski definition) is 2. The molecule has 0 radical (unpaired) electrons. The number of thiophene rings is 1. The second-order valence-electron chi connectivity index (χ2n) is 5.07. The Morgan fingerprint density at radius 2 is 2.32 bits per heavy atom. The van der Waals surface area contributed by atoms with Crippen LogP contribution in [-0.2, 0) is 7.05 Å². The number of amides is 1.